The van der Waals surface area contributed by atoms with Crippen LogP contribution in [0.2, 0.25) is 5.02 Å². The van der Waals surface area contributed by atoms with Gasteiger partial charge in [0.2, 0.25) is 5.91 Å². The van der Waals surface area contributed by atoms with Gasteiger partial charge in [-0.3, -0.25) is 9.80 Å². The number of hydrogen-bond acceptors (Lipinski definition) is 4. The first kappa shape index (κ1) is 33.2. The van der Waals surface area contributed by atoms with Gasteiger partial charge in [0.1, 0.15) is 0 Å². The molecule has 0 saturated heterocycles. The molecule has 3 N–H and O–H groups in total. The molecule has 0 fully saturated rings. The Morgan fingerprint density at radius 1 is 1.05 bits per heavy atom. The third-order valence-electron chi connectivity index (χ3n) is 6.08. The summed E-state index contributed by atoms with van der Waals surface area (Å²) in [4.78, 5) is 11.5. The van der Waals surface area contributed by atoms with Crippen LogP contribution in [0.15, 0.2) is 73.4 Å². The fraction of sp³-hybridized carbons (Fsp3) is 0.406. The van der Waals surface area contributed by atoms with Crippen LogP contribution in [-0.4, -0.2) is 35.6 Å². The summed E-state index contributed by atoms with van der Waals surface area (Å²) in [5.41, 5.74) is 8.54. The van der Waals surface area contributed by atoms with Crippen LogP contribution in [-0.2, 0) is 17.9 Å². The lowest BCUT2D eigenvalue weighted by Crippen LogP contribution is -2.39. The Morgan fingerprint density at radius 3 is 2.05 bits per heavy atom. The lowest BCUT2D eigenvalue weighted by molar-refractivity contribution is -0.146. The van der Waals surface area contributed by atoms with Gasteiger partial charge in [-0.25, -0.2) is 5.01 Å². The first-order valence-electron chi connectivity index (χ1n) is 13.5. The van der Waals surface area contributed by atoms with Crippen molar-refractivity contribution in [2.24, 2.45) is 5.73 Å². The number of unbranched alkanes of at least 4 members (excludes halogenated alkanes) is 1. The van der Waals surface area contributed by atoms with E-state index >= 15 is 0 Å². The van der Waals surface area contributed by atoms with Crippen molar-refractivity contribution in [3.63, 3.8) is 0 Å². The number of hydrogen-bond donors (Lipinski definition) is 2. The van der Waals surface area contributed by atoms with Crippen molar-refractivity contribution in [1.82, 2.24) is 15.3 Å². The molecule has 0 saturated carbocycles. The average molecular weight is 539 g/mol. The number of carbonyl (C=O) groups is 1. The maximum atomic E-state index is 11.5. The highest BCUT2D eigenvalue weighted by Gasteiger charge is 2.23. The maximum absolute atomic E-state index is 11.5. The van der Waals surface area contributed by atoms with Gasteiger partial charge in [0.25, 0.3) is 0 Å². The highest BCUT2D eigenvalue weighted by Crippen LogP contribution is 2.25. The van der Waals surface area contributed by atoms with Gasteiger partial charge in [0.05, 0.1) is 0 Å². The predicted molar refractivity (Wildman–Crippen MR) is 165 cm³/mol. The van der Waals surface area contributed by atoms with Crippen molar-refractivity contribution in [2.75, 3.05) is 13.6 Å². The summed E-state index contributed by atoms with van der Waals surface area (Å²) in [5, 5.41) is 10.4. The van der Waals surface area contributed by atoms with E-state index in [1.165, 1.54) is 47.7 Å². The zero-order chi connectivity index (χ0) is 28.5. The summed E-state index contributed by atoms with van der Waals surface area (Å²) >= 11 is 6.03. The predicted octanol–water partition coefficient (Wildman–Crippen LogP) is 7.46. The summed E-state index contributed by atoms with van der Waals surface area (Å²) < 4.78 is 0. The minimum atomic E-state index is 0.169. The molecule has 1 amide bonds. The monoisotopic (exact) mass is 538 g/mol. The molecule has 6 heteroatoms. The number of hydrazine groups is 1. The fourth-order valence-corrected chi connectivity index (χ4v) is 4.12. The van der Waals surface area contributed by atoms with Gasteiger partial charge in [-0.2, -0.15) is 0 Å². The molecule has 0 spiro atoms. The van der Waals surface area contributed by atoms with Crippen molar-refractivity contribution in [2.45, 2.75) is 73.0 Å². The number of halogens is 1. The lowest BCUT2D eigenvalue weighted by Gasteiger charge is -2.27. The maximum Gasteiger partial charge on any atom is 0.236 e. The molecule has 1 heterocycles. The second-order valence-electron chi connectivity index (χ2n) is 9.47. The smallest absolute Gasteiger partial charge is 0.236 e. The van der Waals surface area contributed by atoms with Crippen molar-refractivity contribution in [3.05, 3.63) is 95.2 Å². The van der Waals surface area contributed by atoms with Gasteiger partial charge in [0, 0.05) is 43.0 Å². The Labute approximate surface area is 235 Å². The Hall–Kier alpha value is -2.86. The van der Waals surface area contributed by atoms with Crippen LogP contribution in [0, 0.1) is 6.92 Å². The third-order valence-corrected chi connectivity index (χ3v) is 6.41. The first-order chi connectivity index (χ1) is 18.2. The van der Waals surface area contributed by atoms with E-state index in [4.69, 9.17) is 11.6 Å². The highest BCUT2D eigenvalue weighted by atomic mass is 35.5. The zero-order valence-electron chi connectivity index (χ0n) is 24.1. The Bertz CT molecular complexity index is 1050. The summed E-state index contributed by atoms with van der Waals surface area (Å²) in [6, 6.07) is 21.2. The molecule has 0 unspecified atom stereocenters. The molecular formula is C32H47ClN4O. The molecule has 3 aromatic carbocycles. The van der Waals surface area contributed by atoms with Crippen LogP contribution in [0.25, 0.3) is 10.8 Å². The molecule has 1 aliphatic heterocycles. The molecule has 1 aliphatic rings. The number of nitrogens with one attached hydrogen (secondary N) is 1. The SMILES string of the molecule is C=CN.CCC(=O)N(C)N1Cc2ccccc2C1.CCCCNC(C)C.Cc1ccc(Cl)c2ccccc12. The molecule has 5 nitrogen and oxygen atoms in total. The van der Waals surface area contributed by atoms with E-state index in [9.17, 15) is 4.79 Å². The third kappa shape index (κ3) is 11.3. The van der Waals surface area contributed by atoms with E-state index in [0.717, 1.165) is 23.5 Å². The second-order valence-corrected chi connectivity index (χ2v) is 9.88. The molecule has 0 aliphatic carbocycles. The first-order valence-corrected chi connectivity index (χ1v) is 13.9. The van der Waals surface area contributed by atoms with E-state index in [-0.39, 0.29) is 5.91 Å². The normalized spacial score (nSPS) is 11.8. The van der Waals surface area contributed by atoms with Crippen molar-refractivity contribution >= 4 is 28.3 Å². The summed E-state index contributed by atoms with van der Waals surface area (Å²) in [6.07, 6.45) is 4.40. The standard InChI is InChI=1S/C12H16N2O.C11H9Cl.C7H17N.C2H5N/c1-3-12(15)13(2)14-8-10-6-4-5-7-11(10)9-14;1-8-6-7-11(12)10-5-3-2-4-9(8)10;1-4-5-6-8-7(2)3;1-2-3/h4-7H,3,8-9H2,1-2H3;2-7H,1H3;7-8H,4-6H2,1-3H3;2H,1,3H2. The second kappa shape index (κ2) is 18.4. The largest absolute Gasteiger partial charge is 0.405 e. The summed E-state index contributed by atoms with van der Waals surface area (Å²) in [6.45, 7) is 16.6. The van der Waals surface area contributed by atoms with Crippen LogP contribution in [0.4, 0.5) is 0 Å². The number of amides is 1. The van der Waals surface area contributed by atoms with Crippen molar-refractivity contribution < 1.29 is 4.79 Å². The molecular weight excluding hydrogens is 492 g/mol. The van der Waals surface area contributed by atoms with Gasteiger partial charge in [-0.05, 0) is 54.2 Å². The van der Waals surface area contributed by atoms with Gasteiger partial charge in [0.15, 0.2) is 0 Å². The molecule has 0 aromatic heterocycles. The number of nitrogens with zero attached hydrogens (tertiary/aromatic N) is 2. The van der Waals surface area contributed by atoms with Crippen LogP contribution in [0.1, 0.15) is 63.6 Å². The highest BCUT2D eigenvalue weighted by molar-refractivity contribution is 6.35. The van der Waals surface area contributed by atoms with Gasteiger partial charge < -0.3 is 11.1 Å². The number of aryl methyl sites for hydroxylation is 1. The van der Waals surface area contributed by atoms with Crippen molar-refractivity contribution in [1.29, 1.82) is 0 Å². The topological polar surface area (TPSA) is 61.6 Å². The summed E-state index contributed by atoms with van der Waals surface area (Å²) in [7, 11) is 1.84. The number of nitrogens with two attached hydrogens (primary N) is 1. The number of benzene rings is 3. The minimum Gasteiger partial charge on any atom is -0.405 e. The minimum absolute atomic E-state index is 0.169. The number of carbonyl (C=O) groups excluding carboxylic acids is 1. The van der Waals surface area contributed by atoms with Crippen LogP contribution in [0.3, 0.4) is 0 Å². The van der Waals surface area contributed by atoms with Crippen molar-refractivity contribution in [3.8, 4) is 0 Å². The Morgan fingerprint density at radius 2 is 1.58 bits per heavy atom. The quantitative estimate of drug-likeness (QED) is 0.320. The average Bonchev–Trinajstić information content (AvgIpc) is 3.36. The van der Waals surface area contributed by atoms with Gasteiger partial charge in [-0.15, -0.1) is 0 Å². The van der Waals surface area contributed by atoms with E-state index in [1.54, 1.807) is 5.01 Å². The number of fused-ring (bicyclic) bond motifs is 2. The fourth-order valence-electron chi connectivity index (χ4n) is 3.89. The molecule has 0 bridgehead atoms. The Kier molecular flexibility index (Phi) is 16.1. The number of rotatable bonds is 6. The molecule has 3 aromatic rings. The van der Waals surface area contributed by atoms with Gasteiger partial charge in [-0.1, -0.05) is 107 Å². The van der Waals surface area contributed by atoms with E-state index in [2.05, 4.69) is 68.5 Å². The van der Waals surface area contributed by atoms with E-state index in [1.807, 2.05) is 56.4 Å². The zero-order valence-corrected chi connectivity index (χ0v) is 24.9. The van der Waals surface area contributed by atoms with Crippen LogP contribution in [0.5, 0.6) is 0 Å². The summed E-state index contributed by atoms with van der Waals surface area (Å²) in [5.74, 6) is 0.169. The van der Waals surface area contributed by atoms with Gasteiger partial charge >= 0.3 is 0 Å². The molecule has 4 rings (SSSR count). The Balaban J connectivity index is 0.000000282. The lowest BCUT2D eigenvalue weighted by atomic mass is 10.1. The van der Waals surface area contributed by atoms with Crippen LogP contribution >= 0.6 is 11.6 Å². The molecule has 0 atom stereocenters. The molecule has 208 valence electrons. The van der Waals surface area contributed by atoms with E-state index < -0.39 is 0 Å². The van der Waals surface area contributed by atoms with Crippen LogP contribution < -0.4 is 11.1 Å². The molecule has 0 radical (unpaired) electrons. The molecule has 38 heavy (non-hydrogen) atoms. The van der Waals surface area contributed by atoms with E-state index in [0.29, 0.717) is 12.5 Å².